The number of carbonyl (C=O) groups is 1. The summed E-state index contributed by atoms with van der Waals surface area (Å²) in [6, 6.07) is 9.19. The van der Waals surface area contributed by atoms with Gasteiger partial charge in [0.25, 0.3) is 0 Å². The molecule has 34 heavy (non-hydrogen) atoms. The number of aromatic nitrogens is 3. The number of H-pyrrole nitrogens is 1. The Labute approximate surface area is 200 Å². The molecule has 1 unspecified atom stereocenters. The fourth-order valence-electron chi connectivity index (χ4n) is 3.88. The maximum Gasteiger partial charge on any atom is 0.243 e. The average molecular weight is 467 g/mol. The number of nitrogens with zero attached hydrogens (tertiary/aromatic N) is 2. The van der Waals surface area contributed by atoms with Gasteiger partial charge in [-0.2, -0.15) is 0 Å². The second kappa shape index (κ2) is 13.5. The Kier molecular flexibility index (Phi) is 10.1. The minimum Gasteiger partial charge on any atom is -0.507 e. The van der Waals surface area contributed by atoms with Gasteiger partial charge in [0.15, 0.2) is 5.65 Å². The Morgan fingerprint density at radius 2 is 1.91 bits per heavy atom. The highest BCUT2D eigenvalue weighted by Crippen LogP contribution is 2.33. The van der Waals surface area contributed by atoms with E-state index in [1.54, 1.807) is 19.2 Å². The maximum atomic E-state index is 10.0. The van der Waals surface area contributed by atoms with Crippen molar-refractivity contribution in [3.05, 3.63) is 54.7 Å². The van der Waals surface area contributed by atoms with Gasteiger partial charge in [-0.05, 0) is 61.9 Å². The van der Waals surface area contributed by atoms with Crippen LogP contribution in [0.15, 0.2) is 49.2 Å². The summed E-state index contributed by atoms with van der Waals surface area (Å²) in [7, 11) is 1.56. The summed E-state index contributed by atoms with van der Waals surface area (Å²) in [6.07, 6.45) is 9.37. The van der Waals surface area contributed by atoms with Crippen molar-refractivity contribution < 1.29 is 19.4 Å². The maximum absolute atomic E-state index is 10.0. The molecule has 5 rings (SSSR count). The van der Waals surface area contributed by atoms with E-state index in [9.17, 15) is 9.90 Å². The lowest BCUT2D eigenvalue weighted by Gasteiger charge is -2.21. The molecule has 3 aromatic rings. The monoisotopic (exact) mass is 466 g/mol. The molecule has 8 nitrogen and oxygen atoms in total. The molecular formula is C26H34N4O4. The van der Waals surface area contributed by atoms with Gasteiger partial charge in [-0.1, -0.05) is 18.7 Å². The second-order valence-corrected chi connectivity index (χ2v) is 8.16. The van der Waals surface area contributed by atoms with Gasteiger partial charge in [0.05, 0.1) is 12.3 Å². The molecule has 8 heteroatoms. The number of phenolic OH excluding ortho intramolecular Hbond substituents is 1. The van der Waals surface area contributed by atoms with E-state index in [4.69, 9.17) is 9.47 Å². The van der Waals surface area contributed by atoms with Crippen molar-refractivity contribution in [3.8, 4) is 17.0 Å². The predicted molar refractivity (Wildman–Crippen MR) is 133 cm³/mol. The number of nitrogens with one attached hydrogen (secondary N) is 2. The Hall–Kier alpha value is -3.23. The Balaban J connectivity index is 0.000000223. The number of hydrogen-bond donors (Lipinski definition) is 3. The first kappa shape index (κ1) is 25.4. The van der Waals surface area contributed by atoms with E-state index < -0.39 is 0 Å². The molecule has 2 aromatic heterocycles. The van der Waals surface area contributed by atoms with Crippen molar-refractivity contribution >= 4 is 16.9 Å². The molecule has 1 atom stereocenters. The van der Waals surface area contributed by atoms with Gasteiger partial charge in [0, 0.05) is 49.9 Å². The van der Waals surface area contributed by atoms with E-state index in [1.807, 2.05) is 24.4 Å². The van der Waals surface area contributed by atoms with Crippen molar-refractivity contribution in [1.29, 1.82) is 0 Å². The molecule has 0 bridgehead atoms. The molecule has 3 N–H and O–H groups in total. The van der Waals surface area contributed by atoms with Gasteiger partial charge in [-0.25, -0.2) is 0 Å². The summed E-state index contributed by atoms with van der Waals surface area (Å²) in [6.45, 7) is 6.82. The number of rotatable bonds is 3. The highest BCUT2D eigenvalue weighted by molar-refractivity contribution is 5.86. The summed E-state index contributed by atoms with van der Waals surface area (Å²) in [4.78, 5) is 13.1. The van der Waals surface area contributed by atoms with Crippen molar-refractivity contribution in [1.82, 2.24) is 20.5 Å². The molecule has 2 aliphatic rings. The molecule has 2 saturated heterocycles. The summed E-state index contributed by atoms with van der Waals surface area (Å²) < 4.78 is 10.7. The van der Waals surface area contributed by atoms with Gasteiger partial charge >= 0.3 is 0 Å². The first-order valence-electron chi connectivity index (χ1n) is 11.8. The van der Waals surface area contributed by atoms with E-state index in [2.05, 4.69) is 27.1 Å². The van der Waals surface area contributed by atoms with E-state index in [0.717, 1.165) is 50.3 Å². The third-order valence-electron chi connectivity index (χ3n) is 5.76. The van der Waals surface area contributed by atoms with Crippen LogP contribution in [0.1, 0.15) is 43.6 Å². The topological polar surface area (TPSA) is 109 Å². The normalized spacial score (nSPS) is 17.5. The van der Waals surface area contributed by atoms with Crippen LogP contribution < -0.4 is 5.32 Å². The molecule has 1 aromatic carbocycles. The third-order valence-corrected chi connectivity index (χ3v) is 5.76. The summed E-state index contributed by atoms with van der Waals surface area (Å²) in [5.41, 5.74) is 3.38. The molecule has 2 fully saturated rings. The number of aromatic amines is 1. The zero-order valence-electron chi connectivity index (χ0n) is 19.8. The molecule has 0 spiro atoms. The molecule has 0 saturated carbocycles. The number of benzene rings is 1. The van der Waals surface area contributed by atoms with Crippen LogP contribution in [-0.2, 0) is 14.3 Å². The number of amides is 1. The highest BCUT2D eigenvalue weighted by atomic mass is 16.5. The van der Waals surface area contributed by atoms with Gasteiger partial charge < -0.3 is 24.9 Å². The number of phenols is 1. The van der Waals surface area contributed by atoms with Crippen molar-refractivity contribution in [2.45, 2.75) is 38.0 Å². The second-order valence-electron chi connectivity index (χ2n) is 8.16. The van der Waals surface area contributed by atoms with E-state index >= 15 is 0 Å². The van der Waals surface area contributed by atoms with Crippen LogP contribution in [0.25, 0.3) is 22.3 Å². The molecule has 4 heterocycles. The van der Waals surface area contributed by atoms with Crippen LogP contribution in [-0.4, -0.2) is 59.7 Å². The van der Waals surface area contributed by atoms with Crippen LogP contribution in [0.2, 0.25) is 0 Å². The van der Waals surface area contributed by atoms with Crippen LogP contribution in [0.5, 0.6) is 5.75 Å². The van der Waals surface area contributed by atoms with Gasteiger partial charge in [-0.3, -0.25) is 4.79 Å². The molecule has 1 amide bonds. The molecule has 0 aliphatic carbocycles. The van der Waals surface area contributed by atoms with E-state index in [0.29, 0.717) is 17.2 Å². The Morgan fingerprint density at radius 3 is 2.47 bits per heavy atom. The molecule has 182 valence electrons. The first-order chi connectivity index (χ1) is 16.6. The van der Waals surface area contributed by atoms with E-state index in [1.165, 1.54) is 30.9 Å². The summed E-state index contributed by atoms with van der Waals surface area (Å²) >= 11 is 0. The zero-order valence-corrected chi connectivity index (χ0v) is 19.8. The van der Waals surface area contributed by atoms with Gasteiger partial charge in [0.1, 0.15) is 5.75 Å². The summed E-state index contributed by atoms with van der Waals surface area (Å²) in [5, 5.41) is 21.9. The lowest BCUT2D eigenvalue weighted by atomic mass is 9.93. The third kappa shape index (κ3) is 7.13. The van der Waals surface area contributed by atoms with Crippen molar-refractivity contribution in [3.63, 3.8) is 0 Å². The smallest absolute Gasteiger partial charge is 0.243 e. The predicted octanol–water partition coefficient (Wildman–Crippen LogP) is 4.33. The fraction of sp³-hybridized carbons (Fsp3) is 0.423. The lowest BCUT2D eigenvalue weighted by molar-refractivity contribution is -0.116. The number of para-hydroxylation sites is 1. The summed E-state index contributed by atoms with van der Waals surface area (Å²) in [5.74, 6) is 0.466. The number of hydrogen-bond acceptors (Lipinski definition) is 6. The first-order valence-corrected chi connectivity index (χ1v) is 11.8. The Morgan fingerprint density at radius 1 is 1.15 bits per heavy atom. The van der Waals surface area contributed by atoms with Crippen LogP contribution in [0.4, 0.5) is 0 Å². The van der Waals surface area contributed by atoms with Gasteiger partial charge in [0.2, 0.25) is 5.91 Å². The Bertz CT molecular complexity index is 1040. The van der Waals surface area contributed by atoms with Crippen LogP contribution in [0, 0.1) is 0 Å². The van der Waals surface area contributed by atoms with Crippen molar-refractivity contribution in [2.75, 3.05) is 33.5 Å². The minimum atomic E-state index is -0.144. The average Bonchev–Trinajstić information content (AvgIpc) is 3.34. The minimum absolute atomic E-state index is 0.144. The molecule has 2 aliphatic heterocycles. The van der Waals surface area contributed by atoms with Crippen LogP contribution >= 0.6 is 0 Å². The number of ether oxygens (including phenoxy) is 2. The van der Waals surface area contributed by atoms with E-state index in [-0.39, 0.29) is 11.7 Å². The fourth-order valence-corrected chi connectivity index (χ4v) is 3.88. The quantitative estimate of drug-likeness (QED) is 0.496. The molecular weight excluding hydrogens is 432 g/mol. The van der Waals surface area contributed by atoms with Gasteiger partial charge in [-0.15, -0.1) is 10.2 Å². The number of fused-ring (bicyclic) bond motifs is 1. The standard InChI is InChI=1S/C17H17N3O2.C5H10O.C4H7NO/c21-16-6-2-1-5-12(16)15-8-13-14(9-18-17(13)20-19-15)11-4-3-7-22-10-11;1-2-4-6-5-3-1;1-3-4(6)5-2/h1-2,5-6,8-9,11,21H,3-4,7,10H2,(H,18,20);1-5H2;3H,1H2,2H3,(H,5,6). The zero-order chi connectivity index (χ0) is 24.2. The number of aromatic hydroxyl groups is 1. The van der Waals surface area contributed by atoms with Crippen molar-refractivity contribution in [2.24, 2.45) is 0 Å². The highest BCUT2D eigenvalue weighted by Gasteiger charge is 2.20. The SMILES string of the molecule is C1CCOCC1.C=CC(=O)NC.Oc1ccccc1-c1cc2c(C3CCCOC3)c[nH]c2nn1. The number of carbonyl (C=O) groups excluding carboxylic acids is 1. The lowest BCUT2D eigenvalue weighted by Crippen LogP contribution is -2.15. The number of likely N-dealkylation sites (N-methyl/N-ethyl adjacent to an activating group) is 1. The largest absolute Gasteiger partial charge is 0.507 e. The molecule has 0 radical (unpaired) electrons. The van der Waals surface area contributed by atoms with Crippen LogP contribution in [0.3, 0.4) is 0 Å².